The van der Waals surface area contributed by atoms with Gasteiger partial charge >= 0.3 is 0 Å². The minimum Gasteiger partial charge on any atom is -0.391 e. The highest BCUT2D eigenvalue weighted by molar-refractivity contribution is 5.47. The number of aromatic nitrogens is 4. The van der Waals surface area contributed by atoms with Crippen LogP contribution in [-0.2, 0) is 0 Å². The lowest BCUT2D eigenvalue weighted by molar-refractivity contribution is 0.0669. The molecule has 9 nitrogen and oxygen atoms in total. The molecule has 0 amide bonds. The molecule has 2 aliphatic rings. The molecule has 0 aromatic carbocycles. The standard InChI is InChI=1S/C21H27N7O2/c22-13-16-21(24-11-10-23-16)25-14-15-5-3-4-12-27(15)19-8-9-20(30)28(26-19)17-6-1-2-7-18(17)29/h8-11,15,17-18,29H,1-7,12,14H2,(H,24,25). The van der Waals surface area contributed by atoms with Gasteiger partial charge in [0.15, 0.2) is 11.5 Å². The number of nitriles is 1. The van der Waals surface area contributed by atoms with Crippen LogP contribution in [0.3, 0.4) is 0 Å². The number of rotatable bonds is 5. The summed E-state index contributed by atoms with van der Waals surface area (Å²) >= 11 is 0. The largest absolute Gasteiger partial charge is 0.391 e. The maximum absolute atomic E-state index is 12.5. The molecule has 30 heavy (non-hydrogen) atoms. The first-order valence-electron chi connectivity index (χ1n) is 10.7. The van der Waals surface area contributed by atoms with Crippen LogP contribution in [0.25, 0.3) is 0 Å². The summed E-state index contributed by atoms with van der Waals surface area (Å²) in [4.78, 5) is 23.0. The SMILES string of the molecule is N#Cc1nccnc1NCC1CCCCN1c1ccc(=O)n(C2CCCCC2O)n1. The molecular weight excluding hydrogens is 382 g/mol. The molecule has 1 saturated carbocycles. The van der Waals surface area contributed by atoms with Crippen molar-refractivity contribution in [2.45, 2.75) is 63.1 Å². The van der Waals surface area contributed by atoms with Crippen molar-refractivity contribution in [2.75, 3.05) is 23.3 Å². The number of anilines is 2. The van der Waals surface area contributed by atoms with E-state index in [9.17, 15) is 15.2 Å². The summed E-state index contributed by atoms with van der Waals surface area (Å²) in [7, 11) is 0. The molecule has 158 valence electrons. The van der Waals surface area contributed by atoms with Gasteiger partial charge in [-0.1, -0.05) is 12.8 Å². The van der Waals surface area contributed by atoms with E-state index < -0.39 is 6.10 Å². The van der Waals surface area contributed by atoms with Gasteiger partial charge in [0.25, 0.3) is 5.56 Å². The van der Waals surface area contributed by atoms with Crippen molar-refractivity contribution < 1.29 is 5.11 Å². The third kappa shape index (κ3) is 4.28. The third-order valence-electron chi connectivity index (χ3n) is 6.05. The molecule has 2 aromatic heterocycles. The summed E-state index contributed by atoms with van der Waals surface area (Å²) in [6.07, 6.45) is 9.13. The van der Waals surface area contributed by atoms with Gasteiger partial charge in [-0.05, 0) is 38.2 Å². The van der Waals surface area contributed by atoms with Crippen LogP contribution >= 0.6 is 0 Å². The fourth-order valence-electron chi connectivity index (χ4n) is 4.46. The molecular formula is C21H27N7O2. The quantitative estimate of drug-likeness (QED) is 0.768. The fraction of sp³-hybridized carbons (Fsp3) is 0.571. The minimum atomic E-state index is -0.529. The smallest absolute Gasteiger partial charge is 0.267 e. The summed E-state index contributed by atoms with van der Waals surface area (Å²) in [6, 6.07) is 5.28. The number of aliphatic hydroxyl groups excluding tert-OH is 1. The van der Waals surface area contributed by atoms with Crippen LogP contribution in [0.15, 0.2) is 29.3 Å². The molecule has 1 saturated heterocycles. The first-order valence-corrected chi connectivity index (χ1v) is 10.7. The predicted molar refractivity (Wildman–Crippen MR) is 112 cm³/mol. The van der Waals surface area contributed by atoms with Gasteiger partial charge in [0.05, 0.1) is 12.1 Å². The van der Waals surface area contributed by atoms with Gasteiger partial charge in [0, 0.05) is 37.6 Å². The van der Waals surface area contributed by atoms with Crippen molar-refractivity contribution in [1.29, 1.82) is 5.26 Å². The fourth-order valence-corrected chi connectivity index (χ4v) is 4.46. The van der Waals surface area contributed by atoms with Crippen molar-refractivity contribution in [1.82, 2.24) is 19.7 Å². The lowest BCUT2D eigenvalue weighted by atomic mass is 9.93. The maximum Gasteiger partial charge on any atom is 0.267 e. The molecule has 0 radical (unpaired) electrons. The summed E-state index contributed by atoms with van der Waals surface area (Å²) < 4.78 is 1.48. The van der Waals surface area contributed by atoms with Crippen LogP contribution in [-0.4, -0.2) is 50.1 Å². The molecule has 3 atom stereocenters. The van der Waals surface area contributed by atoms with E-state index in [1.165, 1.54) is 10.9 Å². The highest BCUT2D eigenvalue weighted by Crippen LogP contribution is 2.28. The minimum absolute atomic E-state index is 0.155. The average molecular weight is 409 g/mol. The zero-order chi connectivity index (χ0) is 20.9. The molecule has 1 aliphatic carbocycles. The lowest BCUT2D eigenvalue weighted by Crippen LogP contribution is -2.45. The maximum atomic E-state index is 12.5. The van der Waals surface area contributed by atoms with Crippen molar-refractivity contribution in [3.8, 4) is 6.07 Å². The Morgan fingerprint density at radius 1 is 1.13 bits per heavy atom. The zero-order valence-corrected chi connectivity index (χ0v) is 16.9. The second kappa shape index (κ2) is 9.22. The van der Waals surface area contributed by atoms with Gasteiger partial charge < -0.3 is 15.3 Å². The summed E-state index contributed by atoms with van der Waals surface area (Å²) in [6.45, 7) is 1.44. The first kappa shape index (κ1) is 20.3. The predicted octanol–water partition coefficient (Wildman–Crippen LogP) is 1.85. The van der Waals surface area contributed by atoms with Gasteiger partial charge in [0.2, 0.25) is 0 Å². The second-order valence-corrected chi connectivity index (χ2v) is 7.98. The Bertz CT molecular complexity index is 970. The van der Waals surface area contributed by atoms with Crippen LogP contribution in [0.1, 0.15) is 56.7 Å². The van der Waals surface area contributed by atoms with E-state index in [1.54, 1.807) is 18.3 Å². The monoisotopic (exact) mass is 409 g/mol. The van der Waals surface area contributed by atoms with E-state index in [4.69, 9.17) is 0 Å². The van der Waals surface area contributed by atoms with Gasteiger partial charge in [-0.3, -0.25) is 4.79 Å². The molecule has 3 heterocycles. The molecule has 2 fully saturated rings. The summed E-state index contributed by atoms with van der Waals surface area (Å²) in [5, 5.41) is 27.5. The van der Waals surface area contributed by atoms with Gasteiger partial charge in [-0.15, -0.1) is 0 Å². The molecule has 9 heteroatoms. The lowest BCUT2D eigenvalue weighted by Gasteiger charge is -2.37. The van der Waals surface area contributed by atoms with E-state index in [-0.39, 0.29) is 23.3 Å². The number of hydrogen-bond donors (Lipinski definition) is 2. The van der Waals surface area contributed by atoms with Crippen molar-refractivity contribution in [3.05, 3.63) is 40.6 Å². The molecule has 0 spiro atoms. The van der Waals surface area contributed by atoms with Gasteiger partial charge in [-0.2, -0.15) is 10.4 Å². The Hall–Kier alpha value is -2.99. The van der Waals surface area contributed by atoms with Crippen LogP contribution in [0.5, 0.6) is 0 Å². The van der Waals surface area contributed by atoms with E-state index in [2.05, 4.69) is 31.4 Å². The number of nitrogens with one attached hydrogen (secondary N) is 1. The first-order chi connectivity index (χ1) is 14.7. The normalized spacial score (nSPS) is 24.3. The van der Waals surface area contributed by atoms with E-state index in [0.717, 1.165) is 50.9 Å². The summed E-state index contributed by atoms with van der Waals surface area (Å²) in [5.74, 6) is 1.23. The number of nitrogens with zero attached hydrogens (tertiary/aromatic N) is 6. The number of aliphatic hydroxyl groups is 1. The van der Waals surface area contributed by atoms with Crippen LogP contribution in [0, 0.1) is 11.3 Å². The molecule has 4 rings (SSSR count). The summed E-state index contributed by atoms with van der Waals surface area (Å²) in [5.41, 5.74) is 0.104. The molecule has 3 unspecified atom stereocenters. The van der Waals surface area contributed by atoms with E-state index in [1.807, 2.05) is 0 Å². The van der Waals surface area contributed by atoms with Crippen molar-refractivity contribution >= 4 is 11.6 Å². The van der Waals surface area contributed by atoms with E-state index >= 15 is 0 Å². The Morgan fingerprint density at radius 2 is 1.93 bits per heavy atom. The highest BCUT2D eigenvalue weighted by Gasteiger charge is 2.29. The molecule has 2 N–H and O–H groups in total. The average Bonchev–Trinajstić information content (AvgIpc) is 2.79. The third-order valence-corrected chi connectivity index (χ3v) is 6.05. The Labute approximate surface area is 175 Å². The molecule has 0 bridgehead atoms. The Kier molecular flexibility index (Phi) is 6.23. The number of hydrogen-bond acceptors (Lipinski definition) is 8. The zero-order valence-electron chi connectivity index (χ0n) is 16.9. The van der Waals surface area contributed by atoms with Crippen LogP contribution in [0.4, 0.5) is 11.6 Å². The molecule has 2 aromatic rings. The van der Waals surface area contributed by atoms with Crippen LogP contribution < -0.4 is 15.8 Å². The number of piperidine rings is 1. The van der Waals surface area contributed by atoms with Gasteiger partial charge in [-0.25, -0.2) is 14.6 Å². The van der Waals surface area contributed by atoms with Crippen molar-refractivity contribution in [2.24, 2.45) is 0 Å². The van der Waals surface area contributed by atoms with E-state index in [0.29, 0.717) is 18.8 Å². The topological polar surface area (TPSA) is 120 Å². The Morgan fingerprint density at radius 3 is 2.77 bits per heavy atom. The Balaban J connectivity index is 1.54. The van der Waals surface area contributed by atoms with Crippen molar-refractivity contribution in [3.63, 3.8) is 0 Å². The highest BCUT2D eigenvalue weighted by atomic mass is 16.3. The molecule has 1 aliphatic heterocycles. The van der Waals surface area contributed by atoms with Crippen LogP contribution in [0.2, 0.25) is 0 Å². The van der Waals surface area contributed by atoms with Gasteiger partial charge in [0.1, 0.15) is 11.9 Å². The second-order valence-electron chi connectivity index (χ2n) is 7.98.